The van der Waals surface area contributed by atoms with Crippen molar-refractivity contribution in [2.24, 2.45) is 5.92 Å². The lowest BCUT2D eigenvalue weighted by atomic mass is 9.99. The number of carbonyl (C=O) groups is 2. The molecule has 0 unspecified atom stereocenters. The second-order valence-corrected chi connectivity index (χ2v) is 11.0. The third kappa shape index (κ3) is 7.17. The summed E-state index contributed by atoms with van der Waals surface area (Å²) in [4.78, 5) is 31.4. The number of anilines is 1. The Labute approximate surface area is 225 Å². The Bertz CT molecular complexity index is 1080. The van der Waals surface area contributed by atoms with Crippen molar-refractivity contribution in [1.82, 2.24) is 9.80 Å². The molecule has 0 aliphatic carbocycles. The fourth-order valence-electron chi connectivity index (χ4n) is 4.84. The van der Waals surface area contributed by atoms with Crippen molar-refractivity contribution in [1.29, 1.82) is 0 Å². The van der Waals surface area contributed by atoms with Gasteiger partial charge in [0.2, 0.25) is 11.8 Å². The van der Waals surface area contributed by atoms with Gasteiger partial charge in [0, 0.05) is 56.0 Å². The first-order chi connectivity index (χ1) is 17.9. The number of ether oxygens (including phenoxy) is 1. The molecule has 37 heavy (non-hydrogen) atoms. The molecular weight excluding hydrogens is 482 g/mol. The lowest BCUT2D eigenvalue weighted by molar-refractivity contribution is -0.128. The maximum atomic E-state index is 12.6. The second kappa shape index (κ2) is 13.2. The molecule has 1 fully saturated rings. The highest BCUT2D eigenvalue weighted by Gasteiger charge is 2.31. The molecule has 1 aromatic carbocycles. The van der Waals surface area contributed by atoms with Crippen molar-refractivity contribution < 1.29 is 14.3 Å². The molecular formula is C30H39N3O3S. The van der Waals surface area contributed by atoms with E-state index in [1.54, 1.807) is 11.8 Å². The Morgan fingerprint density at radius 2 is 1.95 bits per heavy atom. The topological polar surface area (TPSA) is 53.1 Å². The Morgan fingerprint density at radius 1 is 1.14 bits per heavy atom. The van der Waals surface area contributed by atoms with E-state index in [9.17, 15) is 9.59 Å². The van der Waals surface area contributed by atoms with Gasteiger partial charge in [0.1, 0.15) is 5.75 Å². The third-order valence-corrected chi connectivity index (χ3v) is 7.71. The van der Waals surface area contributed by atoms with Crippen molar-refractivity contribution in [3.63, 3.8) is 0 Å². The summed E-state index contributed by atoms with van der Waals surface area (Å²) in [5.41, 5.74) is 4.02. The number of piperazine rings is 1. The van der Waals surface area contributed by atoms with Crippen LogP contribution in [0.5, 0.6) is 5.75 Å². The van der Waals surface area contributed by atoms with Gasteiger partial charge in [-0.25, -0.2) is 4.90 Å². The molecule has 0 radical (unpaired) electrons. The van der Waals surface area contributed by atoms with Gasteiger partial charge in [-0.3, -0.25) is 14.5 Å². The average Bonchev–Trinajstić information content (AvgIpc) is 3.00. The summed E-state index contributed by atoms with van der Waals surface area (Å²) in [5, 5.41) is 2.13. The quantitative estimate of drug-likeness (QED) is 0.440. The molecule has 4 rings (SSSR count). The fourth-order valence-corrected chi connectivity index (χ4v) is 5.43. The van der Waals surface area contributed by atoms with E-state index in [1.807, 2.05) is 32.0 Å². The van der Waals surface area contributed by atoms with E-state index in [0.29, 0.717) is 30.9 Å². The van der Waals surface area contributed by atoms with E-state index >= 15 is 0 Å². The molecule has 0 atom stereocenters. The van der Waals surface area contributed by atoms with Crippen LogP contribution in [0.2, 0.25) is 0 Å². The van der Waals surface area contributed by atoms with Crippen LogP contribution in [0.25, 0.3) is 0 Å². The number of allylic oxidation sites excluding steroid dienone is 3. The number of hydrogen-bond donors (Lipinski definition) is 0. The van der Waals surface area contributed by atoms with Crippen molar-refractivity contribution in [3.05, 3.63) is 71.3 Å². The van der Waals surface area contributed by atoms with Crippen LogP contribution in [0.1, 0.15) is 38.7 Å². The van der Waals surface area contributed by atoms with E-state index in [0.717, 1.165) is 62.5 Å². The van der Waals surface area contributed by atoms with Gasteiger partial charge >= 0.3 is 0 Å². The van der Waals surface area contributed by atoms with Crippen LogP contribution in [0, 0.1) is 5.92 Å². The number of fused-ring (bicyclic) bond motifs is 1. The number of amides is 2. The zero-order valence-electron chi connectivity index (χ0n) is 22.2. The number of carbonyl (C=O) groups excluding carboxylic acids is 2. The summed E-state index contributed by atoms with van der Waals surface area (Å²) in [7, 11) is 0. The minimum Gasteiger partial charge on any atom is -0.494 e. The normalized spacial score (nSPS) is 22.0. The van der Waals surface area contributed by atoms with E-state index in [4.69, 9.17) is 4.74 Å². The van der Waals surface area contributed by atoms with Crippen molar-refractivity contribution in [2.75, 3.05) is 50.0 Å². The van der Waals surface area contributed by atoms with Crippen LogP contribution in [0.15, 0.2) is 65.8 Å². The van der Waals surface area contributed by atoms with E-state index in [-0.39, 0.29) is 17.7 Å². The lowest BCUT2D eigenvalue weighted by Gasteiger charge is -2.37. The number of thioether (sulfide) groups is 1. The molecule has 0 bridgehead atoms. The molecule has 6 nitrogen and oxygen atoms in total. The number of rotatable bonds is 8. The summed E-state index contributed by atoms with van der Waals surface area (Å²) in [6, 6.07) is 5.80. The molecule has 1 saturated heterocycles. The molecule has 7 heteroatoms. The molecule has 0 saturated carbocycles. The van der Waals surface area contributed by atoms with Crippen LogP contribution < -0.4 is 9.64 Å². The predicted molar refractivity (Wildman–Crippen MR) is 153 cm³/mol. The van der Waals surface area contributed by atoms with Gasteiger partial charge in [0.25, 0.3) is 0 Å². The molecule has 0 aromatic heterocycles. The molecule has 0 N–H and O–H groups in total. The van der Waals surface area contributed by atoms with Gasteiger partial charge in [0.05, 0.1) is 12.3 Å². The Kier molecular flexibility index (Phi) is 9.69. The maximum absolute atomic E-state index is 12.6. The van der Waals surface area contributed by atoms with Crippen LogP contribution in [0.3, 0.4) is 0 Å². The summed E-state index contributed by atoms with van der Waals surface area (Å²) >= 11 is 1.79. The van der Waals surface area contributed by atoms with Crippen molar-refractivity contribution >= 4 is 29.3 Å². The molecule has 3 aliphatic heterocycles. The number of benzene rings is 1. The predicted octanol–water partition coefficient (Wildman–Crippen LogP) is 5.18. The lowest BCUT2D eigenvalue weighted by Crippen LogP contribution is -2.46. The van der Waals surface area contributed by atoms with Gasteiger partial charge < -0.3 is 9.64 Å². The smallest absolute Gasteiger partial charge is 0.236 e. The van der Waals surface area contributed by atoms with Crippen LogP contribution in [-0.2, 0) is 16.0 Å². The molecule has 1 aromatic rings. The van der Waals surface area contributed by atoms with Crippen LogP contribution in [-0.4, -0.2) is 66.7 Å². The van der Waals surface area contributed by atoms with E-state index in [2.05, 4.69) is 46.1 Å². The Morgan fingerprint density at radius 3 is 2.73 bits per heavy atom. The first-order valence-electron chi connectivity index (χ1n) is 13.4. The van der Waals surface area contributed by atoms with E-state index < -0.39 is 0 Å². The number of unbranched alkanes of at least 4 members (excludes halogenated alkanes) is 1. The highest BCUT2D eigenvalue weighted by molar-refractivity contribution is 8.02. The number of nitrogens with zero attached hydrogens (tertiary/aromatic N) is 3. The highest BCUT2D eigenvalue weighted by Crippen LogP contribution is 2.32. The van der Waals surface area contributed by atoms with Gasteiger partial charge in [-0.1, -0.05) is 38.6 Å². The van der Waals surface area contributed by atoms with Gasteiger partial charge in [-0.15, -0.1) is 11.8 Å². The highest BCUT2D eigenvalue weighted by atomic mass is 32.2. The van der Waals surface area contributed by atoms with Crippen molar-refractivity contribution in [3.8, 4) is 5.75 Å². The first-order valence-corrected chi connectivity index (χ1v) is 14.4. The van der Waals surface area contributed by atoms with Gasteiger partial charge in [-0.2, -0.15) is 0 Å². The van der Waals surface area contributed by atoms with Gasteiger partial charge in [0.15, 0.2) is 0 Å². The molecule has 3 aliphatic rings. The second-order valence-electron chi connectivity index (χ2n) is 10.0. The minimum atomic E-state index is -0.231. The van der Waals surface area contributed by atoms with Crippen molar-refractivity contribution in [2.45, 2.75) is 39.5 Å². The molecule has 2 amide bonds. The Hall–Kier alpha value is -2.77. The number of hydrogen-bond acceptors (Lipinski definition) is 6. The monoisotopic (exact) mass is 521 g/mol. The molecule has 3 heterocycles. The fraction of sp³-hybridized carbons (Fsp3) is 0.467. The molecule has 198 valence electrons. The summed E-state index contributed by atoms with van der Waals surface area (Å²) in [6.07, 6.45) is 11.7. The standard InChI is InChI=1S/C30H39N3O3S/c1-23(2)30(35)33-28-22-26(11-9-25(28)10-12-29(33)34)36-19-6-5-14-31-15-17-32(18-16-31)27-8-4-7-20-37-21-13-24(27)3/h4,7-9,11,13,21-23H,3,5-6,10,12,14-20H2,1-2H3/b7-4-,21-13-,27-8+. The van der Waals surface area contributed by atoms with E-state index in [1.165, 1.54) is 10.6 Å². The average molecular weight is 522 g/mol. The Balaban J connectivity index is 1.21. The summed E-state index contributed by atoms with van der Waals surface area (Å²) < 4.78 is 6.02. The minimum absolute atomic E-state index is 0.124. The SMILES string of the molecule is C=C1/C=C\SC/C=C\C=C/1N1CCN(CCCCOc2ccc3c(c2)N(C(=O)C(C)C)C(=O)CC3)CC1. The zero-order valence-corrected chi connectivity index (χ0v) is 23.0. The van der Waals surface area contributed by atoms with Crippen LogP contribution >= 0.6 is 11.8 Å². The summed E-state index contributed by atoms with van der Waals surface area (Å²) in [6.45, 7) is 13.7. The largest absolute Gasteiger partial charge is 0.494 e. The van der Waals surface area contributed by atoms with Gasteiger partial charge in [-0.05, 0) is 60.6 Å². The molecule has 0 spiro atoms. The summed E-state index contributed by atoms with van der Waals surface area (Å²) in [5.74, 6) is 1.20. The van der Waals surface area contributed by atoms with Crippen LogP contribution in [0.4, 0.5) is 5.69 Å². The number of imide groups is 1. The number of aryl methyl sites for hydroxylation is 1. The first kappa shape index (κ1) is 27.3. The zero-order chi connectivity index (χ0) is 26.2. The third-order valence-electron chi connectivity index (χ3n) is 7.00. The maximum Gasteiger partial charge on any atom is 0.236 e.